The Morgan fingerprint density at radius 2 is 2.12 bits per heavy atom. The Morgan fingerprint density at radius 1 is 1.50 bits per heavy atom. The van der Waals surface area contributed by atoms with Gasteiger partial charge in [0.2, 0.25) is 0 Å². The summed E-state index contributed by atoms with van der Waals surface area (Å²) in [6, 6.07) is 0. The van der Waals surface area contributed by atoms with Crippen LogP contribution < -0.4 is 5.32 Å². The molecule has 0 amide bonds. The first-order chi connectivity index (χ1) is 7.26. The van der Waals surface area contributed by atoms with Crippen molar-refractivity contribution >= 4 is 9.84 Å². The standard InChI is InChI=1S/C10H19N3O2S/c1-10(2,11-3)9-7-12-8-13(9)5-6-16(4,14)15/h7-8,11H,5-6H2,1-4H3. The van der Waals surface area contributed by atoms with Crippen molar-refractivity contribution in [3.63, 3.8) is 0 Å². The van der Waals surface area contributed by atoms with Crippen molar-refractivity contribution < 1.29 is 8.42 Å². The number of rotatable bonds is 5. The third kappa shape index (κ3) is 3.31. The monoisotopic (exact) mass is 245 g/mol. The summed E-state index contributed by atoms with van der Waals surface area (Å²) in [7, 11) is -1.07. The van der Waals surface area contributed by atoms with Gasteiger partial charge in [-0.3, -0.25) is 0 Å². The van der Waals surface area contributed by atoms with Gasteiger partial charge in [-0.2, -0.15) is 0 Å². The summed E-state index contributed by atoms with van der Waals surface area (Å²) < 4.78 is 24.1. The molecule has 0 spiro atoms. The third-order valence-electron chi connectivity index (χ3n) is 2.68. The van der Waals surface area contributed by atoms with Crippen LogP contribution in [0.25, 0.3) is 0 Å². The Labute approximate surface area is 96.8 Å². The van der Waals surface area contributed by atoms with Gasteiger partial charge in [-0.15, -0.1) is 0 Å². The zero-order valence-corrected chi connectivity index (χ0v) is 11.0. The molecule has 5 nitrogen and oxygen atoms in total. The Hall–Kier alpha value is -0.880. The molecule has 0 saturated carbocycles. The van der Waals surface area contributed by atoms with Crippen molar-refractivity contribution in [3.8, 4) is 0 Å². The van der Waals surface area contributed by atoms with E-state index in [9.17, 15) is 8.42 Å². The van der Waals surface area contributed by atoms with Gasteiger partial charge in [-0.05, 0) is 20.9 Å². The minimum atomic E-state index is -2.94. The molecule has 0 aliphatic carbocycles. The smallest absolute Gasteiger partial charge is 0.149 e. The number of aromatic nitrogens is 2. The third-order valence-corrected chi connectivity index (χ3v) is 3.60. The SMILES string of the molecule is CNC(C)(C)c1cncn1CCS(C)(=O)=O. The quantitative estimate of drug-likeness (QED) is 0.814. The lowest BCUT2D eigenvalue weighted by Gasteiger charge is -2.25. The summed E-state index contributed by atoms with van der Waals surface area (Å²) in [5.74, 6) is 0.135. The van der Waals surface area contributed by atoms with E-state index >= 15 is 0 Å². The summed E-state index contributed by atoms with van der Waals surface area (Å²) in [5, 5.41) is 3.17. The first-order valence-electron chi connectivity index (χ1n) is 5.13. The molecule has 0 saturated heterocycles. The van der Waals surface area contributed by atoms with Gasteiger partial charge in [0.25, 0.3) is 0 Å². The molecule has 1 rings (SSSR count). The fourth-order valence-corrected chi connectivity index (χ4v) is 1.94. The van der Waals surface area contributed by atoms with Gasteiger partial charge in [0.15, 0.2) is 0 Å². The fourth-order valence-electron chi connectivity index (χ4n) is 1.41. The van der Waals surface area contributed by atoms with E-state index in [4.69, 9.17) is 0 Å². The molecule has 6 heteroatoms. The maximum atomic E-state index is 11.1. The number of nitrogens with zero attached hydrogens (tertiary/aromatic N) is 2. The highest BCUT2D eigenvalue weighted by atomic mass is 32.2. The second-order valence-corrected chi connectivity index (χ2v) is 6.74. The van der Waals surface area contributed by atoms with Crippen LogP contribution in [0.15, 0.2) is 12.5 Å². The predicted octanol–water partition coefficient (Wildman–Crippen LogP) is 0.382. The second-order valence-electron chi connectivity index (χ2n) is 4.48. The van der Waals surface area contributed by atoms with Crippen molar-refractivity contribution in [1.29, 1.82) is 0 Å². The van der Waals surface area contributed by atoms with Crippen LogP contribution in [0.5, 0.6) is 0 Å². The fraction of sp³-hybridized carbons (Fsp3) is 0.700. The highest BCUT2D eigenvalue weighted by molar-refractivity contribution is 7.90. The normalized spacial score (nSPS) is 13.0. The molecule has 0 atom stereocenters. The summed E-state index contributed by atoms with van der Waals surface area (Å²) in [6.07, 6.45) is 4.67. The average Bonchev–Trinajstić information content (AvgIpc) is 2.62. The topological polar surface area (TPSA) is 64.0 Å². The Morgan fingerprint density at radius 3 is 2.62 bits per heavy atom. The van der Waals surface area contributed by atoms with Crippen molar-refractivity contribution in [1.82, 2.24) is 14.9 Å². The lowest BCUT2D eigenvalue weighted by atomic mass is 10.0. The molecule has 1 aromatic rings. The molecule has 16 heavy (non-hydrogen) atoms. The van der Waals surface area contributed by atoms with Gasteiger partial charge in [0.05, 0.1) is 23.3 Å². The predicted molar refractivity (Wildman–Crippen MR) is 64.0 cm³/mol. The number of sulfone groups is 1. The van der Waals surface area contributed by atoms with E-state index in [0.29, 0.717) is 6.54 Å². The van der Waals surface area contributed by atoms with E-state index < -0.39 is 9.84 Å². The maximum absolute atomic E-state index is 11.1. The molecule has 1 heterocycles. The van der Waals surface area contributed by atoms with Crippen LogP contribution in [0.4, 0.5) is 0 Å². The first-order valence-corrected chi connectivity index (χ1v) is 7.19. The van der Waals surface area contributed by atoms with Gasteiger partial charge < -0.3 is 9.88 Å². The van der Waals surface area contributed by atoms with Gasteiger partial charge in [0, 0.05) is 19.0 Å². The molecule has 0 aliphatic heterocycles. The Balaban J connectivity index is 2.87. The molecule has 1 N–H and O–H groups in total. The van der Waals surface area contributed by atoms with Crippen LogP contribution in [0.1, 0.15) is 19.5 Å². The highest BCUT2D eigenvalue weighted by Gasteiger charge is 2.22. The zero-order chi connectivity index (χ0) is 12.4. The van der Waals surface area contributed by atoms with Crippen LogP contribution in [0.2, 0.25) is 0 Å². The molecule has 0 fully saturated rings. The number of aryl methyl sites for hydroxylation is 1. The van der Waals surface area contributed by atoms with E-state index in [-0.39, 0.29) is 11.3 Å². The minimum Gasteiger partial charge on any atom is -0.332 e. The largest absolute Gasteiger partial charge is 0.332 e. The molecular weight excluding hydrogens is 226 g/mol. The zero-order valence-electron chi connectivity index (χ0n) is 10.2. The molecule has 92 valence electrons. The van der Waals surface area contributed by atoms with Gasteiger partial charge >= 0.3 is 0 Å². The van der Waals surface area contributed by atoms with Crippen molar-refractivity contribution in [3.05, 3.63) is 18.2 Å². The maximum Gasteiger partial charge on any atom is 0.149 e. The summed E-state index contributed by atoms with van der Waals surface area (Å²) in [6.45, 7) is 4.50. The average molecular weight is 245 g/mol. The van der Waals surface area contributed by atoms with Crippen LogP contribution in [-0.4, -0.2) is 37.0 Å². The molecule has 0 aromatic carbocycles. The van der Waals surface area contributed by atoms with Gasteiger partial charge in [-0.1, -0.05) is 0 Å². The van der Waals surface area contributed by atoms with Crippen LogP contribution >= 0.6 is 0 Å². The second kappa shape index (κ2) is 4.55. The number of nitrogens with one attached hydrogen (secondary N) is 1. The van der Waals surface area contributed by atoms with Crippen LogP contribution in [-0.2, 0) is 21.9 Å². The van der Waals surface area contributed by atoms with Crippen molar-refractivity contribution in [2.24, 2.45) is 0 Å². The molecule has 0 unspecified atom stereocenters. The summed E-state index contributed by atoms with van der Waals surface area (Å²) in [4.78, 5) is 4.07. The van der Waals surface area contributed by atoms with Gasteiger partial charge in [-0.25, -0.2) is 13.4 Å². The summed E-state index contributed by atoms with van der Waals surface area (Å²) in [5.41, 5.74) is 0.771. The van der Waals surface area contributed by atoms with E-state index in [0.717, 1.165) is 5.69 Å². The molecular formula is C10H19N3O2S. The lowest BCUT2D eigenvalue weighted by Crippen LogP contribution is -2.35. The highest BCUT2D eigenvalue weighted by Crippen LogP contribution is 2.18. The van der Waals surface area contributed by atoms with E-state index in [1.54, 1.807) is 12.5 Å². The number of hydrogen-bond acceptors (Lipinski definition) is 4. The lowest BCUT2D eigenvalue weighted by molar-refractivity contribution is 0.411. The molecule has 0 bridgehead atoms. The van der Waals surface area contributed by atoms with E-state index in [1.807, 2.05) is 25.5 Å². The van der Waals surface area contributed by atoms with Crippen molar-refractivity contribution in [2.45, 2.75) is 25.9 Å². The molecule has 0 radical (unpaired) electrons. The van der Waals surface area contributed by atoms with E-state index in [1.165, 1.54) is 6.26 Å². The number of imidazole rings is 1. The Bertz CT molecular complexity index is 448. The van der Waals surface area contributed by atoms with Crippen LogP contribution in [0, 0.1) is 0 Å². The molecule has 0 aliphatic rings. The van der Waals surface area contributed by atoms with Crippen LogP contribution in [0.3, 0.4) is 0 Å². The Kier molecular flexibility index (Phi) is 3.75. The first kappa shape index (κ1) is 13.2. The molecule has 1 aromatic heterocycles. The van der Waals surface area contributed by atoms with Crippen molar-refractivity contribution in [2.75, 3.05) is 19.1 Å². The number of hydrogen-bond donors (Lipinski definition) is 1. The van der Waals surface area contributed by atoms with E-state index in [2.05, 4.69) is 10.3 Å². The van der Waals surface area contributed by atoms with Gasteiger partial charge in [0.1, 0.15) is 9.84 Å². The minimum absolute atomic E-state index is 0.135. The summed E-state index contributed by atoms with van der Waals surface area (Å²) >= 11 is 0.